The lowest BCUT2D eigenvalue weighted by Crippen LogP contribution is -2.23. The minimum Gasteiger partial charge on any atom is -0.384 e. The summed E-state index contributed by atoms with van der Waals surface area (Å²) in [5, 5.41) is 5.25. The van der Waals surface area contributed by atoms with Crippen LogP contribution >= 0.6 is 34.8 Å². The molecule has 0 saturated heterocycles. The predicted octanol–water partition coefficient (Wildman–Crippen LogP) is 6.77. The number of anilines is 2. The molecule has 1 aliphatic rings. The van der Waals surface area contributed by atoms with Crippen molar-refractivity contribution in [1.82, 2.24) is 4.98 Å². The highest BCUT2D eigenvalue weighted by Gasteiger charge is 2.76. The first-order valence-electron chi connectivity index (χ1n) is 10.4. The minimum absolute atomic E-state index is 0.0399. The van der Waals surface area contributed by atoms with Crippen LogP contribution in [0.1, 0.15) is 33.8 Å². The van der Waals surface area contributed by atoms with Gasteiger partial charge in [0.1, 0.15) is 16.4 Å². The number of nitrogens with zero attached hydrogens (tertiary/aromatic N) is 1. The van der Waals surface area contributed by atoms with Gasteiger partial charge in [-0.3, -0.25) is 4.79 Å². The Bertz CT molecular complexity index is 1320. The molecule has 3 aromatic rings. The molecule has 2 N–H and O–H groups in total. The summed E-state index contributed by atoms with van der Waals surface area (Å²) in [6.45, 7) is -0.0540. The van der Waals surface area contributed by atoms with Crippen LogP contribution in [-0.2, 0) is 4.79 Å². The van der Waals surface area contributed by atoms with E-state index in [9.17, 15) is 27.2 Å². The van der Waals surface area contributed by atoms with Gasteiger partial charge >= 0.3 is 0 Å². The first-order chi connectivity index (χ1) is 17.0. The summed E-state index contributed by atoms with van der Waals surface area (Å²) >= 11 is 19.0. The normalized spacial score (nSPS) is 20.2. The van der Waals surface area contributed by atoms with Crippen molar-refractivity contribution >= 4 is 58.5 Å². The van der Waals surface area contributed by atoms with E-state index in [0.29, 0.717) is 23.6 Å². The number of pyridine rings is 1. The molecule has 0 spiro atoms. The van der Waals surface area contributed by atoms with Gasteiger partial charge in [-0.25, -0.2) is 22.5 Å². The van der Waals surface area contributed by atoms with E-state index in [4.69, 9.17) is 34.8 Å². The van der Waals surface area contributed by atoms with Gasteiger partial charge in [-0.05, 0) is 23.8 Å². The number of carbonyl (C=O) groups is 2. The van der Waals surface area contributed by atoms with E-state index in [2.05, 4.69) is 15.6 Å². The summed E-state index contributed by atoms with van der Waals surface area (Å²) in [5.74, 6) is -3.93. The molecule has 1 amide bonds. The van der Waals surface area contributed by atoms with Crippen molar-refractivity contribution in [2.24, 2.45) is 5.41 Å². The summed E-state index contributed by atoms with van der Waals surface area (Å²) in [5.41, 5.74) is -0.632. The first kappa shape index (κ1) is 26.2. The molecule has 36 heavy (non-hydrogen) atoms. The van der Waals surface area contributed by atoms with Crippen molar-refractivity contribution in [1.29, 1.82) is 0 Å². The van der Waals surface area contributed by atoms with E-state index >= 15 is 0 Å². The van der Waals surface area contributed by atoms with Crippen LogP contribution in [0.3, 0.4) is 0 Å². The monoisotopic (exact) mass is 559 g/mol. The number of carbonyl (C=O) groups excluding carboxylic acids is 2. The zero-order chi connectivity index (χ0) is 26.3. The van der Waals surface area contributed by atoms with Crippen LogP contribution in [0.5, 0.6) is 0 Å². The van der Waals surface area contributed by atoms with Crippen LogP contribution in [0.2, 0.25) is 5.02 Å². The van der Waals surface area contributed by atoms with Crippen LogP contribution in [-0.4, -0.2) is 28.1 Å². The number of hydrogen-bond acceptors (Lipinski definition) is 4. The van der Waals surface area contributed by atoms with Crippen molar-refractivity contribution < 1.29 is 27.2 Å². The second-order valence-corrected chi connectivity index (χ2v) is 9.96. The average molecular weight is 561 g/mol. The standard InChI is InChI=1S/C24H16Cl3F4N3O2/c25-17-6-5-15(8-16(17)22(36)34-21-18(29)7-14(28)9-32-21)33-10-23(11-35)19(24(23,26)27)12-1-3-13(4-2-12)20(30)31/h1-9,11,19-20,33H,10H2,(H,32,34,36). The number of rotatable bonds is 8. The van der Waals surface area contributed by atoms with Crippen molar-refractivity contribution in [2.45, 2.75) is 16.7 Å². The highest BCUT2D eigenvalue weighted by Crippen LogP contribution is 2.73. The molecule has 0 radical (unpaired) electrons. The smallest absolute Gasteiger partial charge is 0.263 e. The molecule has 1 aliphatic carbocycles. The van der Waals surface area contributed by atoms with Gasteiger partial charge in [0, 0.05) is 29.8 Å². The zero-order valence-electron chi connectivity index (χ0n) is 18.0. The fourth-order valence-corrected chi connectivity index (χ4v) is 5.14. The number of alkyl halides is 4. The summed E-state index contributed by atoms with van der Waals surface area (Å²) in [7, 11) is 0. The number of hydrogen-bond donors (Lipinski definition) is 2. The molecule has 5 nitrogen and oxygen atoms in total. The quantitative estimate of drug-likeness (QED) is 0.181. The molecular weight excluding hydrogens is 545 g/mol. The highest BCUT2D eigenvalue weighted by molar-refractivity contribution is 6.54. The molecule has 0 bridgehead atoms. The summed E-state index contributed by atoms with van der Waals surface area (Å²) in [6, 6.07) is 10.3. The van der Waals surface area contributed by atoms with E-state index in [-0.39, 0.29) is 22.7 Å². The molecule has 12 heteroatoms. The minimum atomic E-state index is -2.64. The third-order valence-corrected chi connectivity index (χ3v) is 7.45. The number of aromatic nitrogens is 1. The van der Waals surface area contributed by atoms with E-state index in [1.165, 1.54) is 42.5 Å². The topological polar surface area (TPSA) is 71.1 Å². The van der Waals surface area contributed by atoms with Gasteiger partial charge in [0.05, 0.1) is 22.2 Å². The van der Waals surface area contributed by atoms with Crippen LogP contribution in [0.25, 0.3) is 0 Å². The average Bonchev–Trinajstić information content (AvgIpc) is 3.34. The lowest BCUT2D eigenvalue weighted by atomic mass is 9.99. The number of nitrogens with one attached hydrogen (secondary N) is 2. The van der Waals surface area contributed by atoms with E-state index in [1.54, 1.807) is 0 Å². The lowest BCUT2D eigenvalue weighted by molar-refractivity contribution is -0.112. The molecule has 2 aromatic carbocycles. The lowest BCUT2D eigenvalue weighted by Gasteiger charge is -2.15. The molecule has 1 aromatic heterocycles. The van der Waals surface area contributed by atoms with Crippen molar-refractivity contribution in [3.8, 4) is 0 Å². The van der Waals surface area contributed by atoms with Gasteiger partial charge in [0.2, 0.25) is 0 Å². The first-order valence-corrected chi connectivity index (χ1v) is 11.5. The predicted molar refractivity (Wildman–Crippen MR) is 129 cm³/mol. The molecule has 2 unspecified atom stereocenters. The molecular formula is C24H16Cl3F4N3O2. The third-order valence-electron chi connectivity index (χ3n) is 5.98. The van der Waals surface area contributed by atoms with Crippen LogP contribution < -0.4 is 10.6 Å². The fourth-order valence-electron chi connectivity index (χ4n) is 3.96. The maximum Gasteiger partial charge on any atom is 0.263 e. The van der Waals surface area contributed by atoms with Crippen LogP contribution in [0, 0.1) is 17.0 Å². The van der Waals surface area contributed by atoms with Crippen LogP contribution in [0.15, 0.2) is 54.7 Å². The molecule has 188 valence electrons. The molecule has 2 atom stereocenters. The Balaban J connectivity index is 1.51. The van der Waals surface area contributed by atoms with Crippen molar-refractivity contribution in [3.63, 3.8) is 0 Å². The molecule has 4 rings (SSSR count). The Labute approximate surface area is 217 Å². The van der Waals surface area contributed by atoms with Crippen molar-refractivity contribution in [3.05, 3.63) is 88.1 Å². The second kappa shape index (κ2) is 9.88. The maximum absolute atomic E-state index is 13.9. The highest BCUT2D eigenvalue weighted by atomic mass is 35.5. The zero-order valence-corrected chi connectivity index (χ0v) is 20.3. The number of amides is 1. The van der Waals surface area contributed by atoms with Gasteiger partial charge in [-0.15, -0.1) is 0 Å². The maximum atomic E-state index is 13.9. The van der Waals surface area contributed by atoms with Gasteiger partial charge in [0.25, 0.3) is 12.3 Å². The van der Waals surface area contributed by atoms with E-state index in [0.717, 1.165) is 6.20 Å². The molecule has 0 aliphatic heterocycles. The number of aldehydes is 1. The van der Waals surface area contributed by atoms with Crippen LogP contribution in [0.4, 0.5) is 29.1 Å². The molecule has 1 saturated carbocycles. The third kappa shape index (κ3) is 4.75. The number of halogens is 7. The van der Waals surface area contributed by atoms with E-state index < -0.39 is 45.5 Å². The Morgan fingerprint density at radius 1 is 1.11 bits per heavy atom. The molecule has 1 fully saturated rings. The van der Waals surface area contributed by atoms with E-state index in [1.807, 2.05) is 0 Å². The number of benzene rings is 2. The summed E-state index contributed by atoms with van der Waals surface area (Å²) in [6.07, 6.45) is -1.29. The van der Waals surface area contributed by atoms with Gasteiger partial charge in [0.15, 0.2) is 11.6 Å². The summed E-state index contributed by atoms with van der Waals surface area (Å²) < 4.78 is 51.2. The Morgan fingerprint density at radius 2 is 1.81 bits per heavy atom. The molecule has 1 heterocycles. The fraction of sp³-hybridized carbons (Fsp3) is 0.208. The van der Waals surface area contributed by atoms with Crippen molar-refractivity contribution in [2.75, 3.05) is 17.2 Å². The Kier molecular flexibility index (Phi) is 7.19. The summed E-state index contributed by atoms with van der Waals surface area (Å²) in [4.78, 5) is 28.2. The largest absolute Gasteiger partial charge is 0.384 e. The Morgan fingerprint density at radius 3 is 2.42 bits per heavy atom. The van der Waals surface area contributed by atoms with Gasteiger partial charge < -0.3 is 15.4 Å². The Hall–Kier alpha value is -2.88. The second-order valence-electron chi connectivity index (χ2n) is 8.17. The van der Waals surface area contributed by atoms with Gasteiger partial charge in [-0.1, -0.05) is 59.1 Å². The SMILES string of the molecule is O=CC1(CNc2ccc(Cl)c(C(=O)Nc3ncc(F)cc3F)c2)C(c2ccc(C(F)F)cc2)C1(Cl)Cl. The van der Waals surface area contributed by atoms with Gasteiger partial charge in [-0.2, -0.15) is 0 Å².